The summed E-state index contributed by atoms with van der Waals surface area (Å²) < 4.78 is 5.85. The predicted octanol–water partition coefficient (Wildman–Crippen LogP) is 4.27. The van der Waals surface area contributed by atoms with Crippen LogP contribution < -0.4 is 9.64 Å². The zero-order valence-electron chi connectivity index (χ0n) is 11.9. The molecule has 0 spiro atoms. The number of hydrogen-bond donors (Lipinski definition) is 0. The molecule has 2 aromatic rings. The smallest absolute Gasteiger partial charge is 0.178 e. The van der Waals surface area contributed by atoms with Crippen LogP contribution in [0.3, 0.4) is 0 Å². The molecule has 0 aliphatic rings. The summed E-state index contributed by atoms with van der Waals surface area (Å²) in [6.07, 6.45) is 0. The summed E-state index contributed by atoms with van der Waals surface area (Å²) in [4.78, 5) is 2.05. The van der Waals surface area contributed by atoms with Crippen LogP contribution in [0.1, 0.15) is 25.3 Å². The molecule has 2 heteroatoms. The molecule has 0 bridgehead atoms. The Morgan fingerprint density at radius 1 is 1.16 bits per heavy atom. The number of nitrogens with zero attached hydrogens (tertiary/aromatic N) is 1. The second kappa shape index (κ2) is 5.67. The van der Waals surface area contributed by atoms with E-state index >= 15 is 0 Å². The zero-order valence-corrected chi connectivity index (χ0v) is 11.9. The van der Waals surface area contributed by atoms with Crippen molar-refractivity contribution in [2.45, 2.75) is 19.8 Å². The van der Waals surface area contributed by atoms with Crippen molar-refractivity contribution in [3.63, 3.8) is 0 Å². The summed E-state index contributed by atoms with van der Waals surface area (Å²) in [6.45, 7) is 4.30. The maximum absolute atomic E-state index is 5.85. The number of benzene rings is 1. The van der Waals surface area contributed by atoms with E-state index in [0.717, 1.165) is 11.4 Å². The van der Waals surface area contributed by atoms with Crippen LogP contribution in [0.4, 0.5) is 5.69 Å². The fourth-order valence-corrected chi connectivity index (χ4v) is 1.76. The molecule has 19 heavy (non-hydrogen) atoms. The Hall–Kier alpha value is -2.14. The molecule has 98 valence electrons. The number of rotatable bonds is 4. The molecule has 2 rings (SSSR count). The highest BCUT2D eigenvalue weighted by Crippen LogP contribution is 2.25. The van der Waals surface area contributed by atoms with Crippen LogP contribution in [0.25, 0.3) is 0 Å². The average molecular weight is 253 g/mol. The first kappa shape index (κ1) is 13.3. The van der Waals surface area contributed by atoms with Gasteiger partial charge in [0.25, 0.3) is 0 Å². The molecule has 0 aliphatic heterocycles. The normalized spacial score (nSPS) is 10.2. The zero-order chi connectivity index (χ0) is 13.8. The second-order valence-corrected chi connectivity index (χ2v) is 5.07. The van der Waals surface area contributed by atoms with Crippen LogP contribution in [-0.4, -0.2) is 14.1 Å². The molecule has 0 N–H and O–H groups in total. The van der Waals surface area contributed by atoms with E-state index in [0.29, 0.717) is 11.7 Å². The summed E-state index contributed by atoms with van der Waals surface area (Å²) in [5, 5.41) is 0. The molecule has 2 nitrogen and oxygen atoms in total. The summed E-state index contributed by atoms with van der Waals surface area (Å²) in [6, 6.07) is 18.0. The number of hydrogen-bond acceptors (Lipinski definition) is 2. The lowest BCUT2D eigenvalue weighted by Crippen LogP contribution is -2.08. The molecule has 2 aromatic carbocycles. The van der Waals surface area contributed by atoms with E-state index in [4.69, 9.17) is 4.74 Å². The molecule has 0 heterocycles. The standard InChI is InChI=1S/C17H19NO/c1-13(2)14-7-5-9-16(11-14)19-17-10-6-8-15(12-17)18(3)4/h6-8,10-13H,1-4H3. The molecular formula is C17H19NO. The van der Waals surface area contributed by atoms with E-state index in [1.807, 2.05) is 55.4 Å². The van der Waals surface area contributed by atoms with Crippen molar-refractivity contribution >= 4 is 5.69 Å². The fraction of sp³-hybridized carbons (Fsp3) is 0.294. The third-order valence-corrected chi connectivity index (χ3v) is 2.96. The van der Waals surface area contributed by atoms with Gasteiger partial charge in [0.2, 0.25) is 0 Å². The Balaban J connectivity index is 2.21. The van der Waals surface area contributed by atoms with Gasteiger partial charge in [-0.2, -0.15) is 0 Å². The van der Waals surface area contributed by atoms with Crippen molar-refractivity contribution in [1.29, 1.82) is 0 Å². The van der Waals surface area contributed by atoms with Gasteiger partial charge in [-0.05, 0) is 41.8 Å². The molecule has 0 saturated heterocycles. The van der Waals surface area contributed by atoms with Gasteiger partial charge in [0, 0.05) is 25.8 Å². The Morgan fingerprint density at radius 2 is 1.95 bits per heavy atom. The third-order valence-electron chi connectivity index (χ3n) is 2.96. The van der Waals surface area contributed by atoms with E-state index in [1.54, 1.807) is 0 Å². The van der Waals surface area contributed by atoms with E-state index in [-0.39, 0.29) is 0 Å². The lowest BCUT2D eigenvalue weighted by molar-refractivity contribution is 0.482. The Labute approximate surface area is 115 Å². The topological polar surface area (TPSA) is 12.5 Å². The largest absolute Gasteiger partial charge is 0.448 e. The maximum Gasteiger partial charge on any atom is 0.178 e. The van der Waals surface area contributed by atoms with Gasteiger partial charge < -0.3 is 9.64 Å². The van der Waals surface area contributed by atoms with Gasteiger partial charge in [-0.15, -0.1) is 0 Å². The van der Waals surface area contributed by atoms with Crippen LogP contribution in [0, 0.1) is 12.1 Å². The maximum atomic E-state index is 5.85. The van der Waals surface area contributed by atoms with Crippen LogP contribution in [0.2, 0.25) is 0 Å². The van der Waals surface area contributed by atoms with Crippen molar-refractivity contribution in [3.05, 3.63) is 54.1 Å². The average Bonchev–Trinajstić information content (AvgIpc) is 2.39. The van der Waals surface area contributed by atoms with Gasteiger partial charge in [-0.25, -0.2) is 0 Å². The molecular weight excluding hydrogens is 234 g/mol. The van der Waals surface area contributed by atoms with Crippen molar-refractivity contribution in [3.8, 4) is 11.5 Å². The highest BCUT2D eigenvalue weighted by Gasteiger charge is 2.03. The Bertz CT molecular complexity index is 497. The quantitative estimate of drug-likeness (QED) is 0.807. The summed E-state index contributed by atoms with van der Waals surface area (Å²) in [7, 11) is 4.02. The first-order valence-electron chi connectivity index (χ1n) is 6.45. The van der Waals surface area contributed by atoms with E-state index in [1.165, 1.54) is 5.56 Å². The van der Waals surface area contributed by atoms with Crippen LogP contribution in [-0.2, 0) is 0 Å². The molecule has 0 atom stereocenters. The summed E-state index contributed by atoms with van der Waals surface area (Å²) in [5.74, 6) is 1.99. The molecule has 0 amide bonds. The lowest BCUT2D eigenvalue weighted by atomic mass is 10.0. The van der Waals surface area contributed by atoms with Gasteiger partial charge >= 0.3 is 0 Å². The summed E-state index contributed by atoms with van der Waals surface area (Å²) >= 11 is 0. The minimum atomic E-state index is 0.460. The second-order valence-electron chi connectivity index (χ2n) is 5.07. The molecule has 0 aliphatic carbocycles. The number of anilines is 1. The molecule has 0 unspecified atom stereocenters. The molecule has 0 radical (unpaired) electrons. The number of ether oxygens (including phenoxy) is 1. The van der Waals surface area contributed by atoms with Crippen molar-refractivity contribution in [1.82, 2.24) is 0 Å². The first-order valence-corrected chi connectivity index (χ1v) is 6.45. The van der Waals surface area contributed by atoms with E-state index in [2.05, 4.69) is 26.0 Å². The van der Waals surface area contributed by atoms with Crippen molar-refractivity contribution < 1.29 is 4.74 Å². The molecule has 0 saturated carbocycles. The lowest BCUT2D eigenvalue weighted by Gasteiger charge is -2.13. The van der Waals surface area contributed by atoms with E-state index in [9.17, 15) is 0 Å². The van der Waals surface area contributed by atoms with Crippen molar-refractivity contribution in [2.75, 3.05) is 19.0 Å². The highest BCUT2D eigenvalue weighted by atomic mass is 16.5. The SMILES string of the molecule is CC(C)c1cc#cc(Oc2cccc(N(C)C)c2)c1. The van der Waals surface area contributed by atoms with Crippen LogP contribution in [0.15, 0.2) is 36.4 Å². The van der Waals surface area contributed by atoms with Gasteiger partial charge in [0.15, 0.2) is 5.75 Å². The van der Waals surface area contributed by atoms with Gasteiger partial charge in [0.05, 0.1) is 0 Å². The van der Waals surface area contributed by atoms with Crippen molar-refractivity contribution in [2.24, 2.45) is 0 Å². The van der Waals surface area contributed by atoms with Gasteiger partial charge in [-0.3, -0.25) is 0 Å². The predicted molar refractivity (Wildman–Crippen MR) is 79.0 cm³/mol. The molecule has 0 fully saturated rings. The Kier molecular flexibility index (Phi) is 3.97. The highest BCUT2D eigenvalue weighted by molar-refractivity contribution is 5.50. The van der Waals surface area contributed by atoms with Gasteiger partial charge in [0.1, 0.15) is 5.75 Å². The minimum absolute atomic E-state index is 0.460. The minimum Gasteiger partial charge on any atom is -0.448 e. The summed E-state index contributed by atoms with van der Waals surface area (Å²) in [5.41, 5.74) is 2.32. The fourth-order valence-electron chi connectivity index (χ4n) is 1.76. The first-order chi connectivity index (χ1) is 9.06. The van der Waals surface area contributed by atoms with Crippen LogP contribution in [0.5, 0.6) is 11.5 Å². The monoisotopic (exact) mass is 253 g/mol. The third kappa shape index (κ3) is 3.42. The van der Waals surface area contributed by atoms with E-state index < -0.39 is 0 Å². The van der Waals surface area contributed by atoms with Crippen LogP contribution >= 0.6 is 0 Å². The van der Waals surface area contributed by atoms with Gasteiger partial charge in [-0.1, -0.05) is 26.0 Å². The Morgan fingerprint density at radius 3 is 2.63 bits per heavy atom. The molecule has 0 aromatic heterocycles.